The van der Waals surface area contributed by atoms with Gasteiger partial charge in [-0.05, 0) is 12.1 Å². The zero-order valence-corrected chi connectivity index (χ0v) is 9.35. The number of benzene rings is 1. The fourth-order valence-corrected chi connectivity index (χ4v) is 1.30. The number of hydrogen-bond acceptors (Lipinski definition) is 7. The number of aliphatic hydroxyl groups is 1. The Morgan fingerprint density at radius 2 is 1.83 bits per heavy atom. The van der Waals surface area contributed by atoms with E-state index in [1.807, 2.05) is 0 Å². The lowest BCUT2D eigenvalue weighted by Crippen LogP contribution is -2.08. The van der Waals surface area contributed by atoms with Crippen LogP contribution in [-0.2, 0) is 4.74 Å². The van der Waals surface area contributed by atoms with Crippen molar-refractivity contribution in [1.82, 2.24) is 20.4 Å². The van der Waals surface area contributed by atoms with Crippen LogP contribution in [0.3, 0.4) is 0 Å². The summed E-state index contributed by atoms with van der Waals surface area (Å²) in [6, 6.07) is 6.53. The lowest BCUT2D eigenvalue weighted by atomic mass is 10.1. The first kappa shape index (κ1) is 12.1. The molecule has 0 aliphatic carbocycles. The maximum atomic E-state index is 11.5. The van der Waals surface area contributed by atoms with Gasteiger partial charge in [0.1, 0.15) is 6.61 Å². The van der Waals surface area contributed by atoms with Gasteiger partial charge in [0.15, 0.2) is 6.33 Å². The number of aromatic nitrogens is 4. The molecule has 0 saturated carbocycles. The van der Waals surface area contributed by atoms with Gasteiger partial charge in [0.25, 0.3) is 0 Å². The Bertz CT molecular complexity index is 516. The van der Waals surface area contributed by atoms with Crippen LogP contribution in [0.25, 0.3) is 11.4 Å². The van der Waals surface area contributed by atoms with E-state index < -0.39 is 5.97 Å². The van der Waals surface area contributed by atoms with E-state index in [1.165, 1.54) is 6.33 Å². The number of aliphatic hydroxyl groups excluding tert-OH is 1. The second-order valence-corrected chi connectivity index (χ2v) is 3.31. The molecule has 0 fully saturated rings. The molecule has 0 saturated heterocycles. The normalized spacial score (nSPS) is 10.1. The maximum absolute atomic E-state index is 11.5. The molecule has 0 spiro atoms. The van der Waals surface area contributed by atoms with Crippen LogP contribution >= 0.6 is 0 Å². The Morgan fingerprint density at radius 1 is 1.17 bits per heavy atom. The summed E-state index contributed by atoms with van der Waals surface area (Å²) >= 11 is 0. The molecule has 18 heavy (non-hydrogen) atoms. The molecule has 1 heterocycles. The zero-order chi connectivity index (χ0) is 12.8. The van der Waals surface area contributed by atoms with Gasteiger partial charge in [-0.2, -0.15) is 0 Å². The molecule has 1 N–H and O–H groups in total. The third-order valence-electron chi connectivity index (χ3n) is 2.11. The molecule has 0 amide bonds. The molecule has 0 aliphatic rings. The van der Waals surface area contributed by atoms with Crippen LogP contribution in [0.15, 0.2) is 30.6 Å². The number of nitrogens with zero attached hydrogens (tertiary/aromatic N) is 4. The summed E-state index contributed by atoms with van der Waals surface area (Å²) in [4.78, 5) is 11.5. The molecular weight excluding hydrogens is 236 g/mol. The molecule has 0 unspecified atom stereocenters. The van der Waals surface area contributed by atoms with Crippen LogP contribution in [0, 0.1) is 0 Å². The number of carbonyl (C=O) groups is 1. The molecular formula is C11H10N4O3. The summed E-state index contributed by atoms with van der Waals surface area (Å²) in [5.41, 5.74) is 1.10. The minimum Gasteiger partial charge on any atom is -0.460 e. The van der Waals surface area contributed by atoms with Gasteiger partial charge in [-0.25, -0.2) is 4.79 Å². The monoisotopic (exact) mass is 246 g/mol. The van der Waals surface area contributed by atoms with E-state index >= 15 is 0 Å². The second kappa shape index (κ2) is 5.78. The van der Waals surface area contributed by atoms with Crippen molar-refractivity contribution in [1.29, 1.82) is 0 Å². The first-order valence-electron chi connectivity index (χ1n) is 5.20. The predicted molar refractivity (Wildman–Crippen MR) is 60.4 cm³/mol. The molecule has 1 aromatic carbocycles. The van der Waals surface area contributed by atoms with E-state index in [0.29, 0.717) is 17.0 Å². The number of rotatable bonds is 4. The van der Waals surface area contributed by atoms with Gasteiger partial charge in [-0.15, -0.1) is 20.4 Å². The highest BCUT2D eigenvalue weighted by Crippen LogP contribution is 2.14. The van der Waals surface area contributed by atoms with Gasteiger partial charge >= 0.3 is 5.97 Å². The molecule has 0 aliphatic heterocycles. The van der Waals surface area contributed by atoms with E-state index in [0.717, 1.165) is 0 Å². The van der Waals surface area contributed by atoms with E-state index in [2.05, 4.69) is 20.4 Å². The first-order valence-corrected chi connectivity index (χ1v) is 5.20. The fraction of sp³-hybridized carbons (Fsp3) is 0.182. The highest BCUT2D eigenvalue weighted by atomic mass is 16.5. The van der Waals surface area contributed by atoms with Crippen molar-refractivity contribution in [2.45, 2.75) is 0 Å². The Kier molecular flexibility index (Phi) is 3.87. The molecule has 1 aromatic heterocycles. The number of carbonyl (C=O) groups excluding carboxylic acids is 1. The van der Waals surface area contributed by atoms with Crippen molar-refractivity contribution in [3.63, 3.8) is 0 Å². The number of ether oxygens (including phenoxy) is 1. The van der Waals surface area contributed by atoms with Crippen LogP contribution in [0.2, 0.25) is 0 Å². The molecule has 0 radical (unpaired) electrons. The quantitative estimate of drug-likeness (QED) is 0.763. The molecule has 2 aromatic rings. The first-order chi connectivity index (χ1) is 8.81. The Morgan fingerprint density at radius 3 is 2.44 bits per heavy atom. The summed E-state index contributed by atoms with van der Waals surface area (Å²) in [6.07, 6.45) is 1.24. The summed E-state index contributed by atoms with van der Waals surface area (Å²) in [7, 11) is 0. The zero-order valence-electron chi connectivity index (χ0n) is 9.35. The van der Waals surface area contributed by atoms with Crippen LogP contribution in [0.1, 0.15) is 10.4 Å². The van der Waals surface area contributed by atoms with Crippen molar-refractivity contribution in [3.8, 4) is 11.4 Å². The lowest BCUT2D eigenvalue weighted by Gasteiger charge is -2.03. The average molecular weight is 246 g/mol. The number of esters is 1. The summed E-state index contributed by atoms with van der Waals surface area (Å²) < 4.78 is 4.78. The third kappa shape index (κ3) is 2.83. The Labute approximate surface area is 102 Å². The van der Waals surface area contributed by atoms with Crippen LogP contribution in [0.4, 0.5) is 0 Å². The minimum absolute atomic E-state index is 0.0176. The van der Waals surface area contributed by atoms with E-state index in [4.69, 9.17) is 9.84 Å². The molecule has 0 atom stereocenters. The van der Waals surface area contributed by atoms with Gasteiger partial charge in [0.05, 0.1) is 12.2 Å². The standard InChI is InChI=1S/C11H10N4O3/c16-5-6-18-11(17)9-3-1-8(2-4-9)10-14-12-7-13-15-10/h1-4,7,16H,5-6H2. The topological polar surface area (TPSA) is 98.1 Å². The van der Waals surface area contributed by atoms with E-state index in [1.54, 1.807) is 24.3 Å². The largest absolute Gasteiger partial charge is 0.460 e. The minimum atomic E-state index is -0.485. The highest BCUT2D eigenvalue weighted by molar-refractivity contribution is 5.89. The SMILES string of the molecule is O=C(OCCO)c1ccc(-c2nncnn2)cc1. The van der Waals surface area contributed by atoms with E-state index in [-0.39, 0.29) is 13.2 Å². The molecule has 92 valence electrons. The second-order valence-electron chi connectivity index (χ2n) is 3.31. The predicted octanol–water partition coefficient (Wildman–Crippen LogP) is 0.0827. The maximum Gasteiger partial charge on any atom is 0.338 e. The average Bonchev–Trinajstić information content (AvgIpc) is 2.46. The summed E-state index contributed by atoms with van der Waals surface area (Å²) in [6.45, 7) is -0.213. The van der Waals surface area contributed by atoms with E-state index in [9.17, 15) is 4.79 Å². The van der Waals surface area contributed by atoms with Crippen LogP contribution in [-0.4, -0.2) is 44.7 Å². The van der Waals surface area contributed by atoms with Crippen molar-refractivity contribution in [2.75, 3.05) is 13.2 Å². The molecule has 2 rings (SSSR count). The molecule has 0 bridgehead atoms. The van der Waals surface area contributed by atoms with Crippen LogP contribution < -0.4 is 0 Å². The van der Waals surface area contributed by atoms with Crippen LogP contribution in [0.5, 0.6) is 0 Å². The highest BCUT2D eigenvalue weighted by Gasteiger charge is 2.08. The van der Waals surface area contributed by atoms with Crippen molar-refractivity contribution >= 4 is 5.97 Å². The van der Waals surface area contributed by atoms with Gasteiger partial charge in [-0.1, -0.05) is 12.1 Å². The van der Waals surface area contributed by atoms with Gasteiger partial charge in [-0.3, -0.25) is 0 Å². The Balaban J connectivity index is 2.13. The Hall–Kier alpha value is -2.41. The number of hydrogen-bond donors (Lipinski definition) is 1. The van der Waals surface area contributed by atoms with Gasteiger partial charge < -0.3 is 9.84 Å². The summed E-state index contributed by atoms with van der Waals surface area (Å²) in [5.74, 6) is -0.103. The van der Waals surface area contributed by atoms with Crippen molar-refractivity contribution in [2.24, 2.45) is 0 Å². The van der Waals surface area contributed by atoms with Gasteiger partial charge in [0.2, 0.25) is 5.82 Å². The smallest absolute Gasteiger partial charge is 0.338 e. The molecule has 7 nitrogen and oxygen atoms in total. The van der Waals surface area contributed by atoms with Crippen molar-refractivity contribution in [3.05, 3.63) is 36.2 Å². The van der Waals surface area contributed by atoms with Crippen molar-refractivity contribution < 1.29 is 14.6 Å². The molecule has 7 heteroatoms. The third-order valence-corrected chi connectivity index (χ3v) is 2.11. The fourth-order valence-electron chi connectivity index (χ4n) is 1.30. The van der Waals surface area contributed by atoms with Gasteiger partial charge in [0, 0.05) is 5.56 Å². The lowest BCUT2D eigenvalue weighted by molar-refractivity contribution is 0.0434. The summed E-state index contributed by atoms with van der Waals surface area (Å²) in [5, 5.41) is 23.4.